The molecule has 29 heavy (non-hydrogen) atoms. The SMILES string of the molecule is O=C(c1cc(=O)[nH]c2ccc(F)cc12)N1CCCC(CCc2ccc(F)cc2)C1. The van der Waals surface area contributed by atoms with Gasteiger partial charge in [-0.3, -0.25) is 9.59 Å². The lowest BCUT2D eigenvalue weighted by Crippen LogP contribution is -2.40. The number of amides is 1. The average Bonchev–Trinajstić information content (AvgIpc) is 2.73. The summed E-state index contributed by atoms with van der Waals surface area (Å²) in [6, 6.07) is 11.8. The van der Waals surface area contributed by atoms with Crippen molar-refractivity contribution in [2.24, 2.45) is 5.92 Å². The smallest absolute Gasteiger partial charge is 0.254 e. The van der Waals surface area contributed by atoms with Gasteiger partial charge >= 0.3 is 0 Å². The van der Waals surface area contributed by atoms with Crippen molar-refractivity contribution < 1.29 is 13.6 Å². The number of carbonyl (C=O) groups excluding carboxylic acids is 1. The molecule has 1 atom stereocenters. The highest BCUT2D eigenvalue weighted by atomic mass is 19.1. The first-order chi connectivity index (χ1) is 14.0. The van der Waals surface area contributed by atoms with Crippen LogP contribution in [0.25, 0.3) is 10.9 Å². The number of piperidine rings is 1. The van der Waals surface area contributed by atoms with Gasteiger partial charge in [0, 0.05) is 30.1 Å². The number of carbonyl (C=O) groups is 1. The molecule has 4 rings (SSSR count). The summed E-state index contributed by atoms with van der Waals surface area (Å²) >= 11 is 0. The van der Waals surface area contributed by atoms with Gasteiger partial charge in [0.2, 0.25) is 5.56 Å². The summed E-state index contributed by atoms with van der Waals surface area (Å²) in [5, 5.41) is 0.419. The number of fused-ring (bicyclic) bond motifs is 1. The van der Waals surface area contributed by atoms with Gasteiger partial charge in [0.25, 0.3) is 5.91 Å². The molecule has 150 valence electrons. The largest absolute Gasteiger partial charge is 0.338 e. The minimum atomic E-state index is -0.450. The molecule has 1 fully saturated rings. The molecule has 1 aliphatic heterocycles. The highest BCUT2D eigenvalue weighted by Gasteiger charge is 2.26. The molecule has 1 aromatic heterocycles. The molecule has 4 nitrogen and oxygen atoms in total. The highest BCUT2D eigenvalue weighted by Crippen LogP contribution is 2.25. The van der Waals surface area contributed by atoms with Gasteiger partial charge in [-0.05, 0) is 67.5 Å². The van der Waals surface area contributed by atoms with Gasteiger partial charge in [-0.1, -0.05) is 12.1 Å². The molecule has 1 unspecified atom stereocenters. The monoisotopic (exact) mass is 396 g/mol. The Kier molecular flexibility index (Phi) is 5.43. The molecule has 6 heteroatoms. The number of rotatable bonds is 4. The second-order valence-electron chi connectivity index (χ2n) is 7.66. The molecule has 0 radical (unpaired) electrons. The summed E-state index contributed by atoms with van der Waals surface area (Å²) in [5.41, 5.74) is 1.39. The van der Waals surface area contributed by atoms with E-state index in [1.807, 2.05) is 0 Å². The predicted molar refractivity (Wildman–Crippen MR) is 108 cm³/mol. The molecule has 0 aliphatic carbocycles. The maximum Gasteiger partial charge on any atom is 0.254 e. The van der Waals surface area contributed by atoms with E-state index < -0.39 is 5.82 Å². The summed E-state index contributed by atoms with van der Waals surface area (Å²) in [7, 11) is 0. The van der Waals surface area contributed by atoms with E-state index in [0.29, 0.717) is 29.9 Å². The number of pyridine rings is 1. The zero-order chi connectivity index (χ0) is 20.4. The number of aromatic nitrogens is 1. The zero-order valence-electron chi connectivity index (χ0n) is 16.0. The van der Waals surface area contributed by atoms with E-state index in [0.717, 1.165) is 31.2 Å². The lowest BCUT2D eigenvalue weighted by molar-refractivity contribution is 0.0670. The Morgan fingerprint density at radius 3 is 2.62 bits per heavy atom. The Labute approximate surface area is 167 Å². The van der Waals surface area contributed by atoms with Gasteiger partial charge < -0.3 is 9.88 Å². The molecular formula is C23H22F2N2O2. The van der Waals surface area contributed by atoms with Crippen LogP contribution in [0.1, 0.15) is 35.2 Å². The summed E-state index contributed by atoms with van der Waals surface area (Å²) in [6.45, 7) is 1.22. The van der Waals surface area contributed by atoms with E-state index in [4.69, 9.17) is 0 Å². The number of halogens is 2. The first-order valence-corrected chi connectivity index (χ1v) is 9.86. The molecular weight excluding hydrogens is 374 g/mol. The van der Waals surface area contributed by atoms with E-state index in [1.165, 1.54) is 36.4 Å². The zero-order valence-corrected chi connectivity index (χ0v) is 16.0. The van der Waals surface area contributed by atoms with Crippen molar-refractivity contribution in [3.8, 4) is 0 Å². The van der Waals surface area contributed by atoms with Crippen LogP contribution < -0.4 is 5.56 Å². The van der Waals surface area contributed by atoms with Crippen LogP contribution in [0.5, 0.6) is 0 Å². The highest BCUT2D eigenvalue weighted by molar-refractivity contribution is 6.06. The fraction of sp³-hybridized carbons (Fsp3) is 0.304. The number of H-pyrrole nitrogens is 1. The first-order valence-electron chi connectivity index (χ1n) is 9.86. The van der Waals surface area contributed by atoms with Crippen LogP contribution in [0.3, 0.4) is 0 Å². The second kappa shape index (κ2) is 8.15. The topological polar surface area (TPSA) is 53.2 Å². The van der Waals surface area contributed by atoms with Crippen LogP contribution in [-0.2, 0) is 6.42 Å². The van der Waals surface area contributed by atoms with Crippen LogP contribution >= 0.6 is 0 Å². The molecule has 3 aromatic rings. The van der Waals surface area contributed by atoms with Crippen molar-refractivity contribution in [1.82, 2.24) is 9.88 Å². The number of aryl methyl sites for hydroxylation is 1. The van der Waals surface area contributed by atoms with Crippen molar-refractivity contribution >= 4 is 16.8 Å². The molecule has 1 saturated heterocycles. The molecule has 1 N–H and O–H groups in total. The van der Waals surface area contributed by atoms with Crippen LogP contribution in [0, 0.1) is 17.6 Å². The Balaban J connectivity index is 1.50. The fourth-order valence-electron chi connectivity index (χ4n) is 4.08. The summed E-state index contributed by atoms with van der Waals surface area (Å²) < 4.78 is 26.8. The quantitative estimate of drug-likeness (QED) is 0.715. The molecule has 2 aromatic carbocycles. The predicted octanol–water partition coefficient (Wildman–Crippen LogP) is 4.29. The van der Waals surface area contributed by atoms with Crippen molar-refractivity contribution in [1.29, 1.82) is 0 Å². The fourth-order valence-corrected chi connectivity index (χ4v) is 4.08. The number of nitrogens with one attached hydrogen (secondary N) is 1. The molecule has 0 saturated carbocycles. The third-order valence-electron chi connectivity index (χ3n) is 5.60. The van der Waals surface area contributed by atoms with Crippen molar-refractivity contribution in [3.05, 3.63) is 81.6 Å². The van der Waals surface area contributed by atoms with Gasteiger partial charge in [-0.15, -0.1) is 0 Å². The van der Waals surface area contributed by atoms with Crippen molar-refractivity contribution in [3.63, 3.8) is 0 Å². The Morgan fingerprint density at radius 1 is 1.07 bits per heavy atom. The number of nitrogens with zero attached hydrogens (tertiary/aromatic N) is 1. The van der Waals surface area contributed by atoms with Crippen LogP contribution in [-0.4, -0.2) is 28.9 Å². The van der Waals surface area contributed by atoms with E-state index in [9.17, 15) is 18.4 Å². The average molecular weight is 396 g/mol. The lowest BCUT2D eigenvalue weighted by Gasteiger charge is -2.33. The van der Waals surface area contributed by atoms with Gasteiger partial charge in [-0.25, -0.2) is 8.78 Å². The van der Waals surface area contributed by atoms with E-state index in [-0.39, 0.29) is 22.8 Å². The van der Waals surface area contributed by atoms with E-state index >= 15 is 0 Å². The second-order valence-corrected chi connectivity index (χ2v) is 7.66. The Bertz CT molecular complexity index is 1090. The number of hydrogen-bond acceptors (Lipinski definition) is 2. The summed E-state index contributed by atoms with van der Waals surface area (Å²) in [4.78, 5) is 29.5. The normalized spacial score (nSPS) is 16.9. The lowest BCUT2D eigenvalue weighted by atomic mass is 9.91. The third kappa shape index (κ3) is 4.36. The van der Waals surface area contributed by atoms with E-state index in [2.05, 4.69) is 4.98 Å². The number of aromatic amines is 1. The van der Waals surface area contributed by atoms with Gasteiger partial charge in [0.15, 0.2) is 0 Å². The van der Waals surface area contributed by atoms with Crippen LogP contribution in [0.15, 0.2) is 53.3 Å². The number of hydrogen-bond donors (Lipinski definition) is 1. The molecule has 0 bridgehead atoms. The maximum absolute atomic E-state index is 13.7. The third-order valence-corrected chi connectivity index (χ3v) is 5.60. The van der Waals surface area contributed by atoms with Gasteiger partial charge in [0.05, 0.1) is 5.56 Å². The van der Waals surface area contributed by atoms with E-state index in [1.54, 1.807) is 17.0 Å². The van der Waals surface area contributed by atoms with Gasteiger partial charge in [0.1, 0.15) is 11.6 Å². The molecule has 0 spiro atoms. The van der Waals surface area contributed by atoms with Crippen LogP contribution in [0.2, 0.25) is 0 Å². The standard InChI is InChI=1S/C23H22F2N2O2/c24-17-7-5-15(6-8-17)3-4-16-2-1-11-27(14-16)23(29)20-13-22(28)26-21-10-9-18(25)12-19(20)21/h5-10,12-13,16H,1-4,11,14H2,(H,26,28). The minimum absolute atomic E-state index is 0.238. The first kappa shape index (κ1) is 19.3. The maximum atomic E-state index is 13.7. The molecule has 1 amide bonds. The molecule has 2 heterocycles. The number of benzene rings is 2. The minimum Gasteiger partial charge on any atom is -0.338 e. The Hall–Kier alpha value is -3.02. The van der Waals surface area contributed by atoms with Crippen LogP contribution in [0.4, 0.5) is 8.78 Å². The Morgan fingerprint density at radius 2 is 1.83 bits per heavy atom. The summed E-state index contributed by atoms with van der Waals surface area (Å²) in [5.74, 6) is -0.597. The van der Waals surface area contributed by atoms with Crippen molar-refractivity contribution in [2.75, 3.05) is 13.1 Å². The summed E-state index contributed by atoms with van der Waals surface area (Å²) in [6.07, 6.45) is 3.64. The number of likely N-dealkylation sites (tertiary alicyclic amines) is 1. The molecule has 1 aliphatic rings. The van der Waals surface area contributed by atoms with Crippen molar-refractivity contribution in [2.45, 2.75) is 25.7 Å². The van der Waals surface area contributed by atoms with Gasteiger partial charge in [-0.2, -0.15) is 0 Å².